The number of thiazole rings is 1. The lowest BCUT2D eigenvalue weighted by molar-refractivity contribution is -0.135. The van der Waals surface area contributed by atoms with Crippen LogP contribution in [0.3, 0.4) is 0 Å². The second-order valence-corrected chi connectivity index (χ2v) is 5.25. The molecule has 0 saturated heterocycles. The van der Waals surface area contributed by atoms with Crippen molar-refractivity contribution in [2.24, 2.45) is 0 Å². The van der Waals surface area contributed by atoms with Crippen LogP contribution >= 0.6 is 22.9 Å². The van der Waals surface area contributed by atoms with Crippen molar-refractivity contribution in [1.82, 2.24) is 10.3 Å². The third-order valence-corrected chi connectivity index (χ3v) is 3.43. The Labute approximate surface area is 130 Å². The van der Waals surface area contributed by atoms with E-state index in [1.165, 1.54) is 17.4 Å². The first-order chi connectivity index (χ1) is 10.1. The first-order valence-corrected chi connectivity index (χ1v) is 7.28. The quantitative estimate of drug-likeness (QED) is 0.885. The molecule has 0 saturated carbocycles. The number of carboxylic acids is 1. The summed E-state index contributed by atoms with van der Waals surface area (Å²) >= 11 is 7.30. The van der Waals surface area contributed by atoms with E-state index in [1.807, 2.05) is 0 Å². The maximum Gasteiger partial charge on any atom is 0.323 e. The summed E-state index contributed by atoms with van der Waals surface area (Å²) in [5.41, 5.74) is 2.79. The Morgan fingerprint density at radius 1 is 1.43 bits per heavy atom. The van der Waals surface area contributed by atoms with E-state index in [1.54, 1.807) is 29.1 Å². The van der Waals surface area contributed by atoms with Crippen LogP contribution in [0.1, 0.15) is 5.69 Å². The number of aliphatic carboxylic acids is 1. The van der Waals surface area contributed by atoms with E-state index in [-0.39, 0.29) is 6.54 Å². The van der Waals surface area contributed by atoms with Crippen LogP contribution in [0.25, 0.3) is 0 Å². The van der Waals surface area contributed by atoms with E-state index < -0.39 is 18.5 Å². The summed E-state index contributed by atoms with van der Waals surface area (Å²) in [6.07, 6.45) is 0. The molecule has 6 nitrogen and oxygen atoms in total. The molecule has 0 fully saturated rings. The summed E-state index contributed by atoms with van der Waals surface area (Å²) in [5, 5.41) is 13.8. The number of nitrogens with one attached hydrogen (secondary N) is 1. The molecule has 0 aliphatic rings. The van der Waals surface area contributed by atoms with Crippen molar-refractivity contribution in [3.63, 3.8) is 0 Å². The normalized spacial score (nSPS) is 10.1. The van der Waals surface area contributed by atoms with E-state index in [2.05, 4.69) is 10.3 Å². The molecule has 1 aromatic carbocycles. The van der Waals surface area contributed by atoms with Gasteiger partial charge in [0.15, 0.2) is 0 Å². The second-order valence-electron chi connectivity index (χ2n) is 4.10. The summed E-state index contributed by atoms with van der Waals surface area (Å²) in [7, 11) is 0. The highest BCUT2D eigenvalue weighted by Gasteiger charge is 2.19. The lowest BCUT2D eigenvalue weighted by atomic mass is 10.3. The van der Waals surface area contributed by atoms with Crippen molar-refractivity contribution < 1.29 is 14.7 Å². The summed E-state index contributed by atoms with van der Waals surface area (Å²) in [5.74, 6) is -1.11. The van der Waals surface area contributed by atoms with Gasteiger partial charge in [0.1, 0.15) is 6.54 Å². The van der Waals surface area contributed by atoms with Gasteiger partial charge in [0.05, 0.1) is 17.7 Å². The van der Waals surface area contributed by atoms with E-state index in [9.17, 15) is 9.59 Å². The molecule has 1 aromatic heterocycles. The number of rotatable bonds is 5. The van der Waals surface area contributed by atoms with Crippen molar-refractivity contribution in [2.45, 2.75) is 6.54 Å². The molecule has 2 amide bonds. The molecule has 2 aromatic rings. The third-order valence-electron chi connectivity index (χ3n) is 2.56. The largest absolute Gasteiger partial charge is 0.480 e. The van der Waals surface area contributed by atoms with Crippen molar-refractivity contribution in [2.75, 3.05) is 11.4 Å². The number of hydrogen-bond acceptors (Lipinski definition) is 4. The maximum atomic E-state index is 12.2. The van der Waals surface area contributed by atoms with Gasteiger partial charge in [-0.15, -0.1) is 11.3 Å². The maximum absolute atomic E-state index is 12.2. The minimum Gasteiger partial charge on any atom is -0.480 e. The van der Waals surface area contributed by atoms with E-state index in [0.29, 0.717) is 10.7 Å². The monoisotopic (exact) mass is 325 g/mol. The topological polar surface area (TPSA) is 82.5 Å². The first-order valence-electron chi connectivity index (χ1n) is 5.96. The van der Waals surface area contributed by atoms with Gasteiger partial charge in [-0.1, -0.05) is 17.7 Å². The Bertz CT molecular complexity index is 633. The van der Waals surface area contributed by atoms with Gasteiger partial charge in [-0.25, -0.2) is 9.78 Å². The number of nitrogens with zero attached hydrogens (tertiary/aromatic N) is 2. The summed E-state index contributed by atoms with van der Waals surface area (Å²) in [6.45, 7) is -0.220. The molecule has 2 N–H and O–H groups in total. The standard InChI is InChI=1S/C13H12ClN3O3S/c14-9-2-1-3-11(4-9)17(6-12(18)19)13(20)15-5-10-7-21-8-16-10/h1-4,7-8H,5-6H2,(H,15,20)(H,18,19). The van der Waals surface area contributed by atoms with Crippen LogP contribution in [-0.2, 0) is 11.3 Å². The number of carbonyl (C=O) groups is 2. The van der Waals surface area contributed by atoms with Crippen LogP contribution in [0.4, 0.5) is 10.5 Å². The van der Waals surface area contributed by atoms with Crippen LogP contribution in [0, 0.1) is 0 Å². The fourth-order valence-electron chi connectivity index (χ4n) is 1.65. The van der Waals surface area contributed by atoms with Crippen molar-refractivity contribution in [1.29, 1.82) is 0 Å². The van der Waals surface area contributed by atoms with E-state index in [4.69, 9.17) is 16.7 Å². The number of halogens is 1. The number of carboxylic acid groups (broad SMARTS) is 1. The molecule has 0 bridgehead atoms. The van der Waals surface area contributed by atoms with Crippen molar-refractivity contribution >= 4 is 40.6 Å². The molecule has 1 heterocycles. The minimum absolute atomic E-state index is 0.235. The predicted octanol–water partition coefficient (Wildman–Crippen LogP) is 2.60. The number of hydrogen-bond donors (Lipinski definition) is 2. The van der Waals surface area contributed by atoms with Gasteiger partial charge in [0, 0.05) is 16.1 Å². The van der Waals surface area contributed by atoms with Crippen LogP contribution in [-0.4, -0.2) is 28.6 Å². The fraction of sp³-hybridized carbons (Fsp3) is 0.154. The van der Waals surface area contributed by atoms with Gasteiger partial charge in [-0.3, -0.25) is 9.69 Å². The van der Waals surface area contributed by atoms with Crippen LogP contribution in [0.15, 0.2) is 35.2 Å². The Balaban J connectivity index is 2.11. The molecule has 8 heteroatoms. The Hall–Kier alpha value is -2.12. The molecule has 0 aliphatic heterocycles. The van der Waals surface area contributed by atoms with E-state index >= 15 is 0 Å². The predicted molar refractivity (Wildman–Crippen MR) is 80.8 cm³/mol. The molecule has 2 rings (SSSR count). The minimum atomic E-state index is -1.11. The molecule has 110 valence electrons. The van der Waals surface area contributed by atoms with Gasteiger partial charge in [-0.2, -0.15) is 0 Å². The summed E-state index contributed by atoms with van der Waals surface area (Å²) in [4.78, 5) is 28.3. The lowest BCUT2D eigenvalue weighted by Crippen LogP contribution is -2.42. The molecule has 0 atom stereocenters. The zero-order valence-electron chi connectivity index (χ0n) is 10.8. The molecule has 0 radical (unpaired) electrons. The smallest absolute Gasteiger partial charge is 0.323 e. The van der Waals surface area contributed by atoms with Crippen LogP contribution in [0.2, 0.25) is 5.02 Å². The number of urea groups is 1. The third kappa shape index (κ3) is 4.44. The Kier molecular flexibility index (Phi) is 5.13. The number of carbonyl (C=O) groups excluding carboxylic acids is 1. The van der Waals surface area contributed by atoms with Crippen molar-refractivity contribution in [3.8, 4) is 0 Å². The Morgan fingerprint density at radius 2 is 2.24 bits per heavy atom. The van der Waals surface area contributed by atoms with Gasteiger partial charge in [0.25, 0.3) is 0 Å². The first kappa shape index (κ1) is 15.3. The van der Waals surface area contributed by atoms with Crippen molar-refractivity contribution in [3.05, 3.63) is 45.9 Å². The number of benzene rings is 1. The summed E-state index contributed by atoms with van der Waals surface area (Å²) in [6, 6.07) is 5.94. The van der Waals surface area contributed by atoms with Gasteiger partial charge >= 0.3 is 12.0 Å². The number of aromatic nitrogens is 1. The number of anilines is 1. The average Bonchev–Trinajstić information content (AvgIpc) is 2.95. The highest BCUT2D eigenvalue weighted by Crippen LogP contribution is 2.19. The molecule has 0 unspecified atom stereocenters. The molecule has 0 aliphatic carbocycles. The average molecular weight is 326 g/mol. The molecular weight excluding hydrogens is 314 g/mol. The van der Waals surface area contributed by atoms with E-state index in [0.717, 1.165) is 10.6 Å². The van der Waals surface area contributed by atoms with Crippen LogP contribution in [0.5, 0.6) is 0 Å². The molecular formula is C13H12ClN3O3S. The zero-order chi connectivity index (χ0) is 15.2. The highest BCUT2D eigenvalue weighted by molar-refractivity contribution is 7.07. The summed E-state index contributed by atoms with van der Waals surface area (Å²) < 4.78 is 0. The molecule has 21 heavy (non-hydrogen) atoms. The van der Waals surface area contributed by atoms with Gasteiger partial charge < -0.3 is 10.4 Å². The van der Waals surface area contributed by atoms with Crippen LogP contribution < -0.4 is 10.2 Å². The molecule has 0 spiro atoms. The Morgan fingerprint density at radius 3 is 2.86 bits per heavy atom. The highest BCUT2D eigenvalue weighted by atomic mass is 35.5. The SMILES string of the molecule is O=C(O)CN(C(=O)NCc1cscn1)c1cccc(Cl)c1. The fourth-order valence-corrected chi connectivity index (χ4v) is 2.39. The second kappa shape index (κ2) is 7.05. The van der Waals surface area contributed by atoms with Gasteiger partial charge in [-0.05, 0) is 18.2 Å². The lowest BCUT2D eigenvalue weighted by Gasteiger charge is -2.21. The zero-order valence-corrected chi connectivity index (χ0v) is 12.4. The van der Waals surface area contributed by atoms with Gasteiger partial charge in [0.2, 0.25) is 0 Å². The number of amides is 2.